The van der Waals surface area contributed by atoms with E-state index in [1.54, 1.807) is 24.0 Å². The van der Waals surface area contributed by atoms with Gasteiger partial charge in [-0.2, -0.15) is 0 Å². The smallest absolute Gasteiger partial charge is 0.242 e. The lowest BCUT2D eigenvalue weighted by Gasteiger charge is -2.29. The van der Waals surface area contributed by atoms with Crippen LogP contribution in [-0.4, -0.2) is 22.8 Å². The number of amides is 2. The zero-order valence-electron chi connectivity index (χ0n) is 16.9. The minimum Gasteiger partial charge on any atom is -0.350 e. The van der Waals surface area contributed by atoms with Crippen molar-refractivity contribution >= 4 is 23.4 Å². The van der Waals surface area contributed by atoms with Gasteiger partial charge in [0.05, 0.1) is 6.42 Å². The van der Waals surface area contributed by atoms with Gasteiger partial charge in [-0.15, -0.1) is 0 Å². The van der Waals surface area contributed by atoms with Gasteiger partial charge in [0.2, 0.25) is 11.8 Å². The molecule has 0 unspecified atom stereocenters. The molecular formula is C25H25ClN2O2. The summed E-state index contributed by atoms with van der Waals surface area (Å²) in [6, 6.07) is 26.0. The number of nitrogens with one attached hydrogen (secondary N) is 1. The van der Waals surface area contributed by atoms with Gasteiger partial charge in [0.15, 0.2) is 0 Å². The fourth-order valence-corrected chi connectivity index (χ4v) is 3.30. The van der Waals surface area contributed by atoms with E-state index < -0.39 is 6.04 Å². The van der Waals surface area contributed by atoms with Gasteiger partial charge in [-0.05, 0) is 35.7 Å². The average molecular weight is 421 g/mol. The zero-order chi connectivity index (χ0) is 21.3. The molecule has 3 aromatic rings. The number of halogens is 1. The highest BCUT2D eigenvalue weighted by Gasteiger charge is 2.26. The van der Waals surface area contributed by atoms with Crippen molar-refractivity contribution in [2.75, 3.05) is 0 Å². The normalized spacial score (nSPS) is 11.5. The Hall–Kier alpha value is -3.11. The minimum atomic E-state index is -0.603. The molecule has 0 aliphatic carbocycles. The number of carbonyl (C=O) groups excluding carboxylic acids is 2. The van der Waals surface area contributed by atoms with Crippen LogP contribution in [0.25, 0.3) is 0 Å². The molecule has 0 aromatic heterocycles. The summed E-state index contributed by atoms with van der Waals surface area (Å²) in [5.41, 5.74) is 2.85. The lowest BCUT2D eigenvalue weighted by atomic mass is 10.1. The standard InChI is InChI=1S/C25H25ClN2O2/c1-19(25(30)27-17-21-8-4-2-5-9-21)28(18-22-10-6-3-7-11-22)24(29)16-20-12-14-23(26)15-13-20/h2-15,19H,16-18H2,1H3,(H,27,30)/t19-/m0/s1. The van der Waals surface area contributed by atoms with Crippen molar-refractivity contribution in [3.05, 3.63) is 107 Å². The van der Waals surface area contributed by atoms with E-state index in [4.69, 9.17) is 11.6 Å². The van der Waals surface area contributed by atoms with Crippen LogP contribution in [0.4, 0.5) is 0 Å². The number of benzene rings is 3. The number of nitrogens with zero attached hydrogens (tertiary/aromatic N) is 1. The zero-order valence-corrected chi connectivity index (χ0v) is 17.7. The second kappa shape index (κ2) is 10.6. The Balaban J connectivity index is 1.72. The van der Waals surface area contributed by atoms with Gasteiger partial charge in [-0.25, -0.2) is 0 Å². The Bertz CT molecular complexity index is 959. The summed E-state index contributed by atoms with van der Waals surface area (Å²) in [5.74, 6) is -0.289. The van der Waals surface area contributed by atoms with Crippen molar-refractivity contribution < 1.29 is 9.59 Å². The molecule has 0 saturated heterocycles. The lowest BCUT2D eigenvalue weighted by Crippen LogP contribution is -2.47. The van der Waals surface area contributed by atoms with Gasteiger partial charge in [0.25, 0.3) is 0 Å². The molecular weight excluding hydrogens is 396 g/mol. The second-order valence-electron chi connectivity index (χ2n) is 7.19. The van der Waals surface area contributed by atoms with Crippen molar-refractivity contribution in [3.8, 4) is 0 Å². The van der Waals surface area contributed by atoms with Crippen molar-refractivity contribution in [1.82, 2.24) is 10.2 Å². The van der Waals surface area contributed by atoms with Gasteiger partial charge in [-0.3, -0.25) is 9.59 Å². The number of carbonyl (C=O) groups is 2. The summed E-state index contributed by atoms with van der Waals surface area (Å²) in [6.45, 7) is 2.56. The molecule has 0 fully saturated rings. The van der Waals surface area contributed by atoms with Crippen molar-refractivity contribution in [1.29, 1.82) is 0 Å². The number of hydrogen-bond acceptors (Lipinski definition) is 2. The predicted octanol–water partition coefficient (Wildman–Crippen LogP) is 4.62. The molecule has 154 valence electrons. The first-order valence-electron chi connectivity index (χ1n) is 9.92. The topological polar surface area (TPSA) is 49.4 Å². The Morgan fingerprint density at radius 1 is 0.833 bits per heavy atom. The molecule has 3 rings (SSSR count). The minimum absolute atomic E-state index is 0.108. The maximum atomic E-state index is 13.1. The van der Waals surface area contributed by atoms with Crippen LogP contribution < -0.4 is 5.32 Å². The molecule has 1 N–H and O–H groups in total. The molecule has 0 heterocycles. The molecule has 0 aliphatic heterocycles. The van der Waals surface area contributed by atoms with E-state index in [2.05, 4.69) is 5.32 Å². The Kier molecular flexibility index (Phi) is 7.63. The van der Waals surface area contributed by atoms with Crippen LogP contribution in [0, 0.1) is 0 Å². The maximum Gasteiger partial charge on any atom is 0.242 e. The predicted molar refractivity (Wildman–Crippen MR) is 120 cm³/mol. The van der Waals surface area contributed by atoms with Crippen molar-refractivity contribution in [3.63, 3.8) is 0 Å². The second-order valence-corrected chi connectivity index (χ2v) is 7.63. The molecule has 1 atom stereocenters. The van der Waals surface area contributed by atoms with Crippen LogP contribution in [0.15, 0.2) is 84.9 Å². The third-order valence-electron chi connectivity index (χ3n) is 4.94. The Morgan fingerprint density at radius 2 is 1.40 bits per heavy atom. The molecule has 0 spiro atoms. The molecule has 4 nitrogen and oxygen atoms in total. The van der Waals surface area contributed by atoms with E-state index in [0.717, 1.165) is 16.7 Å². The first-order chi connectivity index (χ1) is 14.5. The van der Waals surface area contributed by atoms with Crippen LogP contribution in [0.1, 0.15) is 23.6 Å². The highest BCUT2D eigenvalue weighted by Crippen LogP contribution is 2.15. The molecule has 30 heavy (non-hydrogen) atoms. The largest absolute Gasteiger partial charge is 0.350 e. The molecule has 0 aliphatic rings. The molecule has 0 radical (unpaired) electrons. The van der Waals surface area contributed by atoms with Crippen LogP contribution in [0.3, 0.4) is 0 Å². The summed E-state index contributed by atoms with van der Waals surface area (Å²) in [4.78, 5) is 27.6. The first-order valence-corrected chi connectivity index (χ1v) is 10.3. The fourth-order valence-electron chi connectivity index (χ4n) is 3.17. The van der Waals surface area contributed by atoms with Crippen LogP contribution >= 0.6 is 11.6 Å². The van der Waals surface area contributed by atoms with E-state index in [1.807, 2.05) is 72.8 Å². The van der Waals surface area contributed by atoms with Crippen LogP contribution in [0.2, 0.25) is 5.02 Å². The quantitative estimate of drug-likeness (QED) is 0.578. The van der Waals surface area contributed by atoms with Gasteiger partial charge in [0.1, 0.15) is 6.04 Å². The molecule has 5 heteroatoms. The highest BCUT2D eigenvalue weighted by atomic mass is 35.5. The third kappa shape index (κ3) is 6.19. The third-order valence-corrected chi connectivity index (χ3v) is 5.19. The molecule has 0 bridgehead atoms. The van der Waals surface area contributed by atoms with Gasteiger partial charge in [0, 0.05) is 18.1 Å². The number of rotatable bonds is 8. The monoisotopic (exact) mass is 420 g/mol. The molecule has 0 saturated carbocycles. The Labute approximate surface area is 182 Å². The fraction of sp³-hybridized carbons (Fsp3) is 0.200. The van der Waals surface area contributed by atoms with Crippen LogP contribution in [0.5, 0.6) is 0 Å². The SMILES string of the molecule is C[C@@H](C(=O)NCc1ccccc1)N(Cc1ccccc1)C(=O)Cc1ccc(Cl)cc1. The summed E-state index contributed by atoms with van der Waals surface area (Å²) < 4.78 is 0. The number of hydrogen-bond donors (Lipinski definition) is 1. The van der Waals surface area contributed by atoms with Crippen molar-refractivity contribution in [2.24, 2.45) is 0 Å². The highest BCUT2D eigenvalue weighted by molar-refractivity contribution is 6.30. The van der Waals surface area contributed by atoms with E-state index >= 15 is 0 Å². The van der Waals surface area contributed by atoms with Crippen LogP contribution in [-0.2, 0) is 29.1 Å². The van der Waals surface area contributed by atoms with Gasteiger partial charge >= 0.3 is 0 Å². The molecule has 2 amide bonds. The van der Waals surface area contributed by atoms with E-state index in [0.29, 0.717) is 18.1 Å². The summed E-state index contributed by atoms with van der Waals surface area (Å²) >= 11 is 5.95. The maximum absolute atomic E-state index is 13.1. The van der Waals surface area contributed by atoms with E-state index in [-0.39, 0.29) is 18.2 Å². The summed E-state index contributed by atoms with van der Waals surface area (Å²) in [6.07, 6.45) is 0.209. The average Bonchev–Trinajstić information content (AvgIpc) is 2.78. The van der Waals surface area contributed by atoms with Gasteiger partial charge in [-0.1, -0.05) is 84.4 Å². The van der Waals surface area contributed by atoms with E-state index in [9.17, 15) is 9.59 Å². The summed E-state index contributed by atoms with van der Waals surface area (Å²) in [5, 5.41) is 3.57. The van der Waals surface area contributed by atoms with E-state index in [1.165, 1.54) is 0 Å². The first kappa shape index (κ1) is 21.6. The molecule has 3 aromatic carbocycles. The lowest BCUT2D eigenvalue weighted by molar-refractivity contribution is -0.140. The van der Waals surface area contributed by atoms with Crippen molar-refractivity contribution in [2.45, 2.75) is 32.5 Å². The Morgan fingerprint density at radius 3 is 2.00 bits per heavy atom. The van der Waals surface area contributed by atoms with Gasteiger partial charge < -0.3 is 10.2 Å². The summed E-state index contributed by atoms with van der Waals surface area (Å²) in [7, 11) is 0.